The number of nitrogens with one attached hydrogen (secondary N) is 1. The van der Waals surface area contributed by atoms with Crippen molar-refractivity contribution in [1.29, 1.82) is 0 Å². The van der Waals surface area contributed by atoms with E-state index in [-0.39, 0.29) is 11.6 Å². The van der Waals surface area contributed by atoms with Crippen LogP contribution in [0.15, 0.2) is 12.1 Å². The van der Waals surface area contributed by atoms with Crippen LogP contribution in [0.3, 0.4) is 0 Å². The number of hydrogen-bond acceptors (Lipinski definition) is 3. The quantitative estimate of drug-likeness (QED) is 0.913. The van der Waals surface area contributed by atoms with Crippen molar-refractivity contribution < 1.29 is 9.47 Å². The van der Waals surface area contributed by atoms with Gasteiger partial charge in [0.25, 0.3) is 0 Å². The van der Waals surface area contributed by atoms with Gasteiger partial charge in [-0.25, -0.2) is 0 Å². The van der Waals surface area contributed by atoms with Gasteiger partial charge in [0, 0.05) is 29.6 Å². The Kier molecular flexibility index (Phi) is 3.63. The molecule has 2 aliphatic rings. The largest absolute Gasteiger partial charge is 0.496 e. The van der Waals surface area contributed by atoms with Crippen LogP contribution in [-0.2, 0) is 13.0 Å². The second-order valence-corrected chi connectivity index (χ2v) is 6.53. The molecule has 0 spiro atoms. The van der Waals surface area contributed by atoms with E-state index >= 15 is 0 Å². The van der Waals surface area contributed by atoms with Crippen molar-refractivity contribution in [1.82, 2.24) is 5.32 Å². The molecular weight excluding hydrogens is 250 g/mol. The third kappa shape index (κ3) is 2.64. The maximum absolute atomic E-state index is 5.86. The first-order valence-electron chi connectivity index (χ1n) is 7.71. The Morgan fingerprint density at radius 1 is 1.35 bits per heavy atom. The molecule has 1 N–H and O–H groups in total. The predicted molar refractivity (Wildman–Crippen MR) is 80.5 cm³/mol. The van der Waals surface area contributed by atoms with Gasteiger partial charge in [-0.05, 0) is 38.8 Å². The van der Waals surface area contributed by atoms with Crippen LogP contribution in [0.5, 0.6) is 11.5 Å². The van der Waals surface area contributed by atoms with Crippen LogP contribution in [0.25, 0.3) is 0 Å². The lowest BCUT2D eigenvalue weighted by Crippen LogP contribution is -2.38. The summed E-state index contributed by atoms with van der Waals surface area (Å²) in [7, 11) is 1.75. The van der Waals surface area contributed by atoms with Crippen LogP contribution in [-0.4, -0.2) is 18.8 Å². The fourth-order valence-electron chi connectivity index (χ4n) is 3.45. The average Bonchev–Trinajstić information content (AvgIpc) is 3.00. The van der Waals surface area contributed by atoms with E-state index in [1.54, 1.807) is 7.11 Å². The van der Waals surface area contributed by atoms with Gasteiger partial charge in [0.05, 0.1) is 7.11 Å². The molecule has 1 fully saturated rings. The van der Waals surface area contributed by atoms with E-state index in [0.29, 0.717) is 0 Å². The van der Waals surface area contributed by atoms with Crippen molar-refractivity contribution in [3.05, 3.63) is 23.3 Å². The molecule has 1 aliphatic carbocycles. The Labute approximate surface area is 121 Å². The van der Waals surface area contributed by atoms with Crippen molar-refractivity contribution in [2.75, 3.05) is 7.11 Å². The van der Waals surface area contributed by atoms with Crippen LogP contribution in [0.1, 0.15) is 50.7 Å². The van der Waals surface area contributed by atoms with Gasteiger partial charge in [-0.3, -0.25) is 0 Å². The van der Waals surface area contributed by atoms with E-state index in [1.807, 2.05) is 0 Å². The number of methoxy groups -OCH3 is 1. The highest BCUT2D eigenvalue weighted by Crippen LogP contribution is 2.36. The molecule has 0 amide bonds. The third-order valence-corrected chi connectivity index (χ3v) is 4.71. The second kappa shape index (κ2) is 5.28. The third-order valence-electron chi connectivity index (χ3n) is 4.71. The highest BCUT2D eigenvalue weighted by Gasteiger charge is 2.28. The normalized spacial score (nSPS) is 23.4. The molecule has 1 saturated carbocycles. The monoisotopic (exact) mass is 275 g/mol. The van der Waals surface area contributed by atoms with Gasteiger partial charge in [-0.15, -0.1) is 0 Å². The van der Waals surface area contributed by atoms with Crippen LogP contribution in [0, 0.1) is 0 Å². The molecule has 0 aromatic heterocycles. The van der Waals surface area contributed by atoms with Gasteiger partial charge in [-0.2, -0.15) is 0 Å². The first-order chi connectivity index (χ1) is 9.59. The Morgan fingerprint density at radius 3 is 2.80 bits per heavy atom. The molecule has 1 aliphatic heterocycles. The molecule has 0 saturated heterocycles. The van der Waals surface area contributed by atoms with Gasteiger partial charge < -0.3 is 14.8 Å². The molecule has 1 atom stereocenters. The van der Waals surface area contributed by atoms with E-state index in [4.69, 9.17) is 9.47 Å². The summed E-state index contributed by atoms with van der Waals surface area (Å²) < 4.78 is 11.4. The lowest BCUT2D eigenvalue weighted by Gasteiger charge is -2.26. The van der Waals surface area contributed by atoms with E-state index in [1.165, 1.54) is 36.8 Å². The van der Waals surface area contributed by atoms with Crippen LogP contribution >= 0.6 is 0 Å². The first kappa shape index (κ1) is 13.7. The molecule has 0 bridgehead atoms. The highest BCUT2D eigenvalue weighted by atomic mass is 16.5. The summed E-state index contributed by atoms with van der Waals surface area (Å²) in [5.41, 5.74) is 2.76. The Hall–Kier alpha value is -1.22. The molecule has 3 rings (SSSR count). The average molecular weight is 275 g/mol. The van der Waals surface area contributed by atoms with Crippen molar-refractivity contribution >= 4 is 0 Å². The van der Waals surface area contributed by atoms with Crippen LogP contribution in [0.2, 0.25) is 0 Å². The predicted octanol–water partition coefficient (Wildman–Crippen LogP) is 3.44. The van der Waals surface area contributed by atoms with Gasteiger partial charge in [0.15, 0.2) is 0 Å². The smallest absolute Gasteiger partial charge is 0.123 e. The van der Waals surface area contributed by atoms with E-state index in [0.717, 1.165) is 24.5 Å². The number of ether oxygens (including phenoxy) is 2. The van der Waals surface area contributed by atoms with Gasteiger partial charge in [0.1, 0.15) is 17.6 Å². The zero-order chi connectivity index (χ0) is 14.2. The summed E-state index contributed by atoms with van der Waals surface area (Å²) >= 11 is 0. The van der Waals surface area contributed by atoms with Crippen molar-refractivity contribution in [3.63, 3.8) is 0 Å². The molecule has 0 radical (unpaired) electrons. The fourth-order valence-corrected chi connectivity index (χ4v) is 3.45. The lowest BCUT2D eigenvalue weighted by atomic mass is 9.99. The van der Waals surface area contributed by atoms with Crippen molar-refractivity contribution in [2.24, 2.45) is 0 Å². The Balaban J connectivity index is 1.77. The zero-order valence-corrected chi connectivity index (χ0v) is 12.8. The Morgan fingerprint density at radius 2 is 2.10 bits per heavy atom. The molecule has 1 aromatic rings. The number of fused-ring (bicyclic) bond motifs is 1. The van der Waals surface area contributed by atoms with E-state index in [2.05, 4.69) is 31.3 Å². The maximum Gasteiger partial charge on any atom is 0.123 e. The zero-order valence-electron chi connectivity index (χ0n) is 12.8. The van der Waals surface area contributed by atoms with Crippen LogP contribution in [0.4, 0.5) is 0 Å². The van der Waals surface area contributed by atoms with E-state index < -0.39 is 0 Å². The van der Waals surface area contributed by atoms with Crippen molar-refractivity contribution in [2.45, 2.75) is 64.1 Å². The molecule has 3 heteroatoms. The van der Waals surface area contributed by atoms with Crippen molar-refractivity contribution in [3.8, 4) is 11.5 Å². The summed E-state index contributed by atoms with van der Waals surface area (Å²) in [5, 5.41) is 3.72. The topological polar surface area (TPSA) is 30.5 Å². The molecule has 3 nitrogen and oxygen atoms in total. The first-order valence-corrected chi connectivity index (χ1v) is 7.71. The number of rotatable bonds is 4. The molecular formula is C17H25NO2. The van der Waals surface area contributed by atoms with E-state index in [9.17, 15) is 0 Å². The second-order valence-electron chi connectivity index (χ2n) is 6.53. The molecule has 110 valence electrons. The minimum atomic E-state index is 0.283. The minimum Gasteiger partial charge on any atom is -0.496 e. The SMILES string of the molecule is COc1cc2c(cc1CNC1(C)CCCC1)OC(C)C2. The molecule has 1 unspecified atom stereocenters. The standard InChI is InChI=1S/C17H25NO2/c1-12-8-13-9-15(19-3)14(10-16(13)20-12)11-18-17(2)6-4-5-7-17/h9-10,12,18H,4-8,11H2,1-3H3. The highest BCUT2D eigenvalue weighted by molar-refractivity contribution is 5.48. The Bertz CT molecular complexity index is 492. The fraction of sp³-hybridized carbons (Fsp3) is 0.647. The molecule has 1 aromatic carbocycles. The van der Waals surface area contributed by atoms with Crippen LogP contribution < -0.4 is 14.8 Å². The van der Waals surface area contributed by atoms with Gasteiger partial charge in [0.2, 0.25) is 0 Å². The summed E-state index contributed by atoms with van der Waals surface area (Å²) in [6.07, 6.45) is 6.49. The minimum absolute atomic E-state index is 0.283. The maximum atomic E-state index is 5.86. The summed E-state index contributed by atoms with van der Waals surface area (Å²) in [6.45, 7) is 5.30. The lowest BCUT2D eigenvalue weighted by molar-refractivity contribution is 0.254. The summed E-state index contributed by atoms with van der Waals surface area (Å²) in [6, 6.07) is 4.30. The number of hydrogen-bond donors (Lipinski definition) is 1. The molecule has 20 heavy (non-hydrogen) atoms. The molecule has 1 heterocycles. The summed E-state index contributed by atoms with van der Waals surface area (Å²) in [5.74, 6) is 2.02. The van der Waals surface area contributed by atoms with Gasteiger partial charge in [-0.1, -0.05) is 12.8 Å². The van der Waals surface area contributed by atoms with Gasteiger partial charge >= 0.3 is 0 Å². The number of benzene rings is 1. The summed E-state index contributed by atoms with van der Waals surface area (Å²) in [4.78, 5) is 0.